The normalized spacial score (nSPS) is 10.4. The van der Waals surface area contributed by atoms with Gasteiger partial charge in [-0.05, 0) is 17.0 Å². The Balaban J connectivity index is 0.00000289. The van der Waals surface area contributed by atoms with Gasteiger partial charge in [-0.2, -0.15) is 0 Å². The van der Waals surface area contributed by atoms with Crippen LogP contribution in [0.15, 0.2) is 24.3 Å². The van der Waals surface area contributed by atoms with Crippen LogP contribution in [0, 0.1) is 0 Å². The van der Waals surface area contributed by atoms with Gasteiger partial charge in [0.15, 0.2) is 0 Å². The van der Waals surface area contributed by atoms with Gasteiger partial charge in [-0.3, -0.25) is 0 Å². The van der Waals surface area contributed by atoms with Crippen LogP contribution in [0.25, 0.3) is 0 Å². The van der Waals surface area contributed by atoms with E-state index in [2.05, 4.69) is 43.4 Å². The van der Waals surface area contributed by atoms with Gasteiger partial charge in [-0.15, -0.1) is 0 Å². The number of rotatable bonds is 8. The second-order valence-electron chi connectivity index (χ2n) is 4.41. The van der Waals surface area contributed by atoms with Crippen molar-refractivity contribution in [3.05, 3.63) is 35.4 Å². The van der Waals surface area contributed by atoms with Crippen LogP contribution in [0.1, 0.15) is 30.9 Å². The van der Waals surface area contributed by atoms with Crippen LogP contribution in [-0.4, -0.2) is 31.5 Å². The number of halogens is 1. The summed E-state index contributed by atoms with van der Waals surface area (Å²) in [5, 5.41) is 11.8. The summed E-state index contributed by atoms with van der Waals surface area (Å²) in [5.41, 5.74) is 2.66. The minimum atomic E-state index is 0. The fourth-order valence-electron chi connectivity index (χ4n) is 1.56. The van der Waals surface area contributed by atoms with Crippen LogP contribution in [0.4, 0.5) is 0 Å². The third-order valence-electron chi connectivity index (χ3n) is 2.63. The van der Waals surface area contributed by atoms with Crippen LogP contribution in [0.5, 0.6) is 0 Å². The maximum absolute atomic E-state index is 8.53. The molecule has 0 heterocycles. The van der Waals surface area contributed by atoms with Crippen molar-refractivity contribution in [2.24, 2.45) is 0 Å². The first-order valence-electron chi connectivity index (χ1n) is 6.22. The zero-order valence-corrected chi connectivity index (χ0v) is 11.9. The molecular weight excluding hydrogens is 250 g/mol. The fraction of sp³-hybridized carbons (Fsp3) is 0.571. The van der Waals surface area contributed by atoms with Gasteiger partial charge in [-0.1, -0.05) is 38.1 Å². The first kappa shape index (κ1) is 17.4. The smallest absolute Gasteiger partial charge is 0.0698 e. The molecule has 0 aliphatic carbocycles. The van der Waals surface area contributed by atoms with E-state index in [1.165, 1.54) is 11.1 Å². The lowest BCUT2D eigenvalue weighted by molar-refractivity contribution is -0.00000490. The van der Waals surface area contributed by atoms with Gasteiger partial charge >= 0.3 is 0 Å². The summed E-state index contributed by atoms with van der Waals surface area (Å²) in [7, 11) is 0. The van der Waals surface area contributed by atoms with Crippen LogP contribution in [0.3, 0.4) is 0 Å². The van der Waals surface area contributed by atoms with Crippen molar-refractivity contribution in [1.82, 2.24) is 5.32 Å². The third-order valence-corrected chi connectivity index (χ3v) is 2.63. The second kappa shape index (κ2) is 10.3. The Labute approximate surface area is 116 Å². The van der Waals surface area contributed by atoms with Crippen molar-refractivity contribution in [2.45, 2.75) is 26.3 Å². The Hall–Kier alpha value is -0.610. The highest BCUT2D eigenvalue weighted by molar-refractivity contribution is 5.24. The molecule has 18 heavy (non-hydrogen) atoms. The van der Waals surface area contributed by atoms with Gasteiger partial charge in [0.1, 0.15) is 0 Å². The maximum atomic E-state index is 8.53. The second-order valence-corrected chi connectivity index (χ2v) is 4.41. The van der Waals surface area contributed by atoms with Crippen LogP contribution in [0.2, 0.25) is 0 Å². The summed E-state index contributed by atoms with van der Waals surface area (Å²) in [6, 6.07) is 8.70. The van der Waals surface area contributed by atoms with Crippen molar-refractivity contribution in [3.8, 4) is 0 Å². The summed E-state index contributed by atoms with van der Waals surface area (Å²) < 4.78 is 5.16. The Kier molecular flexibility index (Phi) is 9.98. The Morgan fingerprint density at radius 1 is 1.17 bits per heavy atom. The Morgan fingerprint density at radius 2 is 1.83 bits per heavy atom. The number of hydrogen-bond acceptors (Lipinski definition) is 3. The number of aliphatic hydroxyl groups is 1. The number of benzene rings is 1. The average molecular weight is 273 g/mol. The molecule has 4 heteroatoms. The Morgan fingerprint density at radius 3 is 2.39 bits per heavy atom. The summed E-state index contributed by atoms with van der Waals surface area (Å²) >= 11 is 0. The molecule has 104 valence electrons. The van der Waals surface area contributed by atoms with Crippen LogP contribution >= 0.6 is 0 Å². The predicted molar refractivity (Wildman–Crippen MR) is 70.1 cm³/mol. The molecule has 0 unspecified atom stereocenters. The highest BCUT2D eigenvalue weighted by Crippen LogP contribution is 2.14. The molecule has 0 fully saturated rings. The molecule has 0 bridgehead atoms. The highest BCUT2D eigenvalue weighted by Gasteiger charge is 1.98. The van der Waals surface area contributed by atoms with Crippen LogP contribution in [-0.2, 0) is 11.3 Å². The summed E-state index contributed by atoms with van der Waals surface area (Å²) in [6.07, 6.45) is 0. The molecule has 0 radical (unpaired) electrons. The van der Waals surface area contributed by atoms with E-state index in [1.807, 2.05) is 0 Å². The third kappa shape index (κ3) is 6.97. The SMILES string of the molecule is CC(C)c1ccc(CNCCOCCO)cc1.[Cl-]. The Bertz CT molecular complexity index is 301. The van der Waals surface area contributed by atoms with Gasteiger partial charge in [0.2, 0.25) is 0 Å². The van der Waals surface area contributed by atoms with E-state index >= 15 is 0 Å². The van der Waals surface area contributed by atoms with Crippen molar-refractivity contribution in [2.75, 3.05) is 26.4 Å². The van der Waals surface area contributed by atoms with Gasteiger partial charge in [0.25, 0.3) is 0 Å². The summed E-state index contributed by atoms with van der Waals surface area (Å²) in [4.78, 5) is 0. The molecule has 0 saturated heterocycles. The zero-order chi connectivity index (χ0) is 12.5. The van der Waals surface area contributed by atoms with Crippen molar-refractivity contribution < 1.29 is 22.3 Å². The first-order valence-corrected chi connectivity index (χ1v) is 6.22. The van der Waals surface area contributed by atoms with Crippen molar-refractivity contribution in [1.29, 1.82) is 0 Å². The number of nitrogens with one attached hydrogen (secondary N) is 1. The predicted octanol–water partition coefficient (Wildman–Crippen LogP) is -1.09. The maximum Gasteiger partial charge on any atom is 0.0698 e. The number of hydrogen-bond donors (Lipinski definition) is 2. The van der Waals surface area contributed by atoms with Gasteiger partial charge in [0.05, 0.1) is 19.8 Å². The average Bonchev–Trinajstić information content (AvgIpc) is 2.34. The van der Waals surface area contributed by atoms with E-state index in [0.29, 0.717) is 19.1 Å². The standard InChI is InChI=1S/C14H23NO2.ClH/c1-12(2)14-5-3-13(4-6-14)11-15-7-9-17-10-8-16;/h3-6,12,15-16H,7-11H2,1-2H3;1H/p-1. The molecule has 1 rings (SSSR count). The van der Waals surface area contributed by atoms with Crippen molar-refractivity contribution >= 4 is 0 Å². The first-order chi connectivity index (χ1) is 8.24. The van der Waals surface area contributed by atoms with E-state index in [4.69, 9.17) is 9.84 Å². The van der Waals surface area contributed by atoms with E-state index in [0.717, 1.165) is 13.1 Å². The quantitative estimate of drug-likeness (QED) is 0.591. The lowest BCUT2D eigenvalue weighted by atomic mass is 10.0. The van der Waals surface area contributed by atoms with Crippen molar-refractivity contribution in [3.63, 3.8) is 0 Å². The minimum Gasteiger partial charge on any atom is -1.00 e. The highest BCUT2D eigenvalue weighted by atomic mass is 35.5. The molecule has 3 nitrogen and oxygen atoms in total. The molecule has 2 N–H and O–H groups in total. The summed E-state index contributed by atoms with van der Waals surface area (Å²) in [6.45, 7) is 7.23. The molecule has 0 saturated carbocycles. The molecule has 1 aromatic carbocycles. The number of ether oxygens (including phenoxy) is 1. The van der Waals surface area contributed by atoms with Crippen LogP contribution < -0.4 is 17.7 Å². The zero-order valence-electron chi connectivity index (χ0n) is 11.2. The molecule has 0 amide bonds. The monoisotopic (exact) mass is 272 g/mol. The fourth-order valence-corrected chi connectivity index (χ4v) is 1.56. The van der Waals surface area contributed by atoms with Gasteiger partial charge in [-0.25, -0.2) is 0 Å². The van der Waals surface area contributed by atoms with Gasteiger partial charge in [0, 0.05) is 13.1 Å². The lowest BCUT2D eigenvalue weighted by Crippen LogP contribution is -3.00. The van der Waals surface area contributed by atoms with E-state index in [9.17, 15) is 0 Å². The molecule has 0 aliphatic heterocycles. The molecule has 0 spiro atoms. The molecule has 1 aromatic rings. The minimum absolute atomic E-state index is 0. The summed E-state index contributed by atoms with van der Waals surface area (Å²) in [5.74, 6) is 0.587. The lowest BCUT2D eigenvalue weighted by Gasteiger charge is -2.08. The van der Waals surface area contributed by atoms with E-state index < -0.39 is 0 Å². The topological polar surface area (TPSA) is 41.5 Å². The molecule has 0 aromatic heterocycles. The molecule has 0 aliphatic rings. The largest absolute Gasteiger partial charge is 1.00 e. The van der Waals surface area contributed by atoms with E-state index in [-0.39, 0.29) is 19.0 Å². The molecular formula is C14H23ClNO2-. The van der Waals surface area contributed by atoms with Gasteiger partial charge < -0.3 is 27.6 Å². The number of aliphatic hydroxyl groups excluding tert-OH is 1. The van der Waals surface area contributed by atoms with E-state index in [1.54, 1.807) is 0 Å². The molecule has 0 atom stereocenters.